The summed E-state index contributed by atoms with van der Waals surface area (Å²) < 4.78 is 11.1. The second-order valence-electron chi connectivity index (χ2n) is 10.2. The van der Waals surface area contributed by atoms with Crippen LogP contribution < -0.4 is 9.64 Å². The van der Waals surface area contributed by atoms with E-state index in [9.17, 15) is 19.5 Å². The Morgan fingerprint density at radius 3 is 2.35 bits per heavy atom. The third-order valence-corrected chi connectivity index (χ3v) is 8.35. The number of ether oxygens (including phenoxy) is 2. The molecule has 1 N–H and O–H groups in total. The molecule has 0 aliphatic carbocycles. The van der Waals surface area contributed by atoms with Crippen LogP contribution in [0.25, 0.3) is 5.76 Å². The van der Waals surface area contributed by atoms with Gasteiger partial charge in [-0.2, -0.15) is 0 Å². The number of carbonyl (C=O) groups is 3. The average Bonchev–Trinajstić information content (AvgIpc) is 3.52. The number of aromatic nitrogens is 1. The first-order valence-electron chi connectivity index (χ1n) is 14.0. The van der Waals surface area contributed by atoms with Crippen LogP contribution in [0.1, 0.15) is 63.1 Å². The predicted octanol–water partition coefficient (Wildman–Crippen LogP) is 6.70. The molecule has 220 valence electrons. The lowest BCUT2D eigenvalue weighted by molar-refractivity contribution is -0.132. The normalized spacial score (nSPS) is 16.0. The van der Waals surface area contributed by atoms with E-state index in [4.69, 9.17) is 9.47 Å². The summed E-state index contributed by atoms with van der Waals surface area (Å²) in [6.07, 6.45) is 0.813. The Balaban J connectivity index is 1.53. The van der Waals surface area contributed by atoms with Gasteiger partial charge in [0.2, 0.25) is 0 Å². The molecule has 9 heteroatoms. The van der Waals surface area contributed by atoms with Crippen molar-refractivity contribution in [1.82, 2.24) is 4.98 Å². The molecule has 1 aliphatic rings. The number of anilines is 1. The van der Waals surface area contributed by atoms with Crippen molar-refractivity contribution in [3.05, 3.63) is 117 Å². The highest BCUT2D eigenvalue weighted by Crippen LogP contribution is 2.44. The zero-order valence-corrected chi connectivity index (χ0v) is 25.2. The molecule has 4 aromatic rings. The maximum Gasteiger partial charge on any atom is 0.350 e. The van der Waals surface area contributed by atoms with E-state index in [1.165, 1.54) is 4.90 Å². The number of benzene rings is 3. The standard InChI is InChI=1S/C34H32N2O6S/c1-5-22-10-12-24(13-11-22)28-27(30(38)32(39)36(28)34-35-21(4)31(43-34)33(40)41-6-2)29(37)25-14-16-26(17-15-25)42-19-23-9-7-8-20(3)18-23/h7-18,28,37H,5-6,19H2,1-4H3. The highest BCUT2D eigenvalue weighted by Gasteiger charge is 2.48. The van der Waals surface area contributed by atoms with Crippen LogP contribution in [-0.4, -0.2) is 34.4 Å². The minimum Gasteiger partial charge on any atom is -0.507 e. The number of nitrogens with zero attached hydrogens (tertiary/aromatic N) is 2. The monoisotopic (exact) mass is 596 g/mol. The van der Waals surface area contributed by atoms with Crippen molar-refractivity contribution in [2.24, 2.45) is 0 Å². The van der Waals surface area contributed by atoms with Gasteiger partial charge in [0, 0.05) is 5.56 Å². The molecule has 8 nitrogen and oxygen atoms in total. The van der Waals surface area contributed by atoms with Gasteiger partial charge < -0.3 is 14.6 Å². The van der Waals surface area contributed by atoms with Gasteiger partial charge in [-0.3, -0.25) is 14.5 Å². The van der Waals surface area contributed by atoms with Crippen molar-refractivity contribution in [2.75, 3.05) is 11.5 Å². The Morgan fingerprint density at radius 2 is 1.70 bits per heavy atom. The number of Topliss-reactive ketones (excluding diaryl/α,β-unsaturated/α-hetero) is 1. The van der Waals surface area contributed by atoms with Crippen molar-refractivity contribution < 1.29 is 29.0 Å². The minimum absolute atomic E-state index is 0.0618. The van der Waals surface area contributed by atoms with E-state index in [0.717, 1.165) is 34.4 Å². The molecule has 0 radical (unpaired) electrons. The van der Waals surface area contributed by atoms with E-state index >= 15 is 0 Å². The van der Waals surface area contributed by atoms with E-state index in [1.54, 1.807) is 38.1 Å². The van der Waals surface area contributed by atoms with Gasteiger partial charge in [-0.25, -0.2) is 9.78 Å². The third kappa shape index (κ3) is 6.08. The summed E-state index contributed by atoms with van der Waals surface area (Å²) in [7, 11) is 0. The van der Waals surface area contributed by atoms with E-state index in [0.29, 0.717) is 29.2 Å². The van der Waals surface area contributed by atoms with Crippen molar-refractivity contribution >= 4 is 39.9 Å². The molecule has 5 rings (SSSR count). The van der Waals surface area contributed by atoms with Crippen molar-refractivity contribution in [1.29, 1.82) is 0 Å². The van der Waals surface area contributed by atoms with Gasteiger partial charge in [0.05, 0.1) is 23.9 Å². The highest BCUT2D eigenvalue weighted by atomic mass is 32.1. The fourth-order valence-corrected chi connectivity index (χ4v) is 5.97. The first-order chi connectivity index (χ1) is 20.7. The fourth-order valence-electron chi connectivity index (χ4n) is 4.99. The first kappa shape index (κ1) is 29.7. The smallest absolute Gasteiger partial charge is 0.350 e. The Hall–Kier alpha value is -4.76. The zero-order chi connectivity index (χ0) is 30.7. The largest absolute Gasteiger partial charge is 0.507 e. The number of amides is 1. The summed E-state index contributed by atoms with van der Waals surface area (Å²) in [5, 5.41) is 11.7. The molecular formula is C34H32N2O6S. The summed E-state index contributed by atoms with van der Waals surface area (Å²) in [5.74, 6) is -1.95. The summed E-state index contributed by atoms with van der Waals surface area (Å²) in [6.45, 7) is 7.98. The van der Waals surface area contributed by atoms with Crippen molar-refractivity contribution in [2.45, 2.75) is 46.8 Å². The number of aliphatic hydroxyl groups is 1. The third-order valence-electron chi connectivity index (χ3n) is 7.22. The molecule has 1 amide bonds. The lowest BCUT2D eigenvalue weighted by Gasteiger charge is -2.23. The molecule has 1 fully saturated rings. The quantitative estimate of drug-likeness (QED) is 0.0991. The SMILES string of the molecule is CCOC(=O)c1sc(N2C(=O)C(=O)C(=C(O)c3ccc(OCc4cccc(C)c4)cc3)C2c2ccc(CC)cc2)nc1C. The molecule has 1 unspecified atom stereocenters. The van der Waals surface area contributed by atoms with Crippen LogP contribution in [0.2, 0.25) is 0 Å². The van der Waals surface area contributed by atoms with Gasteiger partial charge in [-0.05, 0) is 68.1 Å². The summed E-state index contributed by atoms with van der Waals surface area (Å²) in [4.78, 5) is 45.6. The molecule has 1 atom stereocenters. The van der Waals surface area contributed by atoms with Gasteiger partial charge in [0.25, 0.3) is 5.78 Å². The van der Waals surface area contributed by atoms with E-state index in [1.807, 2.05) is 62.4 Å². The second-order valence-corrected chi connectivity index (χ2v) is 11.2. The molecule has 0 spiro atoms. The van der Waals surface area contributed by atoms with Crippen LogP contribution in [0.15, 0.2) is 78.4 Å². The van der Waals surface area contributed by atoms with Gasteiger partial charge in [0.15, 0.2) is 5.13 Å². The molecule has 1 aliphatic heterocycles. The maximum atomic E-state index is 13.5. The first-order valence-corrected chi connectivity index (χ1v) is 14.9. The van der Waals surface area contributed by atoms with Crippen molar-refractivity contribution in [3.63, 3.8) is 0 Å². The van der Waals surface area contributed by atoms with Crippen LogP contribution in [0.4, 0.5) is 5.13 Å². The number of rotatable bonds is 9. The topological polar surface area (TPSA) is 106 Å². The number of esters is 1. The molecule has 43 heavy (non-hydrogen) atoms. The predicted molar refractivity (Wildman–Crippen MR) is 165 cm³/mol. The fraction of sp³-hybridized carbons (Fsp3) is 0.235. The number of carbonyl (C=O) groups excluding carboxylic acids is 3. The molecule has 0 saturated carbocycles. The van der Waals surface area contributed by atoms with E-state index in [2.05, 4.69) is 4.98 Å². The van der Waals surface area contributed by atoms with Crippen LogP contribution in [-0.2, 0) is 27.4 Å². The molecule has 3 aromatic carbocycles. The van der Waals surface area contributed by atoms with Gasteiger partial charge >= 0.3 is 11.9 Å². The summed E-state index contributed by atoms with van der Waals surface area (Å²) in [6, 6.07) is 21.3. The van der Waals surface area contributed by atoms with Crippen LogP contribution in [0, 0.1) is 13.8 Å². The zero-order valence-electron chi connectivity index (χ0n) is 24.4. The maximum absolute atomic E-state index is 13.5. The molecule has 1 aromatic heterocycles. The summed E-state index contributed by atoms with van der Waals surface area (Å²) >= 11 is 0.979. The van der Waals surface area contributed by atoms with Crippen LogP contribution in [0.5, 0.6) is 5.75 Å². The van der Waals surface area contributed by atoms with Gasteiger partial charge in [-0.15, -0.1) is 0 Å². The molecule has 2 heterocycles. The van der Waals surface area contributed by atoms with Crippen LogP contribution in [0.3, 0.4) is 0 Å². The Bertz CT molecular complexity index is 1710. The number of aliphatic hydroxyl groups excluding tert-OH is 1. The Morgan fingerprint density at radius 1 is 0.977 bits per heavy atom. The number of ketones is 1. The van der Waals surface area contributed by atoms with Gasteiger partial charge in [0.1, 0.15) is 23.0 Å². The van der Waals surface area contributed by atoms with Crippen molar-refractivity contribution in [3.8, 4) is 5.75 Å². The number of thiazole rings is 1. The molecule has 0 bridgehead atoms. The van der Waals surface area contributed by atoms with E-state index < -0.39 is 23.7 Å². The number of hydrogen-bond donors (Lipinski definition) is 1. The van der Waals surface area contributed by atoms with Gasteiger partial charge in [-0.1, -0.05) is 72.4 Å². The van der Waals surface area contributed by atoms with E-state index in [-0.39, 0.29) is 27.9 Å². The molecular weight excluding hydrogens is 564 g/mol. The molecule has 1 saturated heterocycles. The van der Waals surface area contributed by atoms with Crippen LogP contribution >= 0.6 is 11.3 Å². The average molecular weight is 597 g/mol. The Kier molecular flexibility index (Phi) is 8.73. The lowest BCUT2D eigenvalue weighted by atomic mass is 9.94. The lowest BCUT2D eigenvalue weighted by Crippen LogP contribution is -2.29. The highest BCUT2D eigenvalue weighted by molar-refractivity contribution is 7.17. The number of aryl methyl sites for hydroxylation is 3. The minimum atomic E-state index is -0.955. The Labute approximate surface area is 254 Å². The second kappa shape index (κ2) is 12.6. The number of hydrogen-bond acceptors (Lipinski definition) is 8. The summed E-state index contributed by atoms with van der Waals surface area (Å²) in [5.41, 5.74) is 4.57.